The van der Waals surface area contributed by atoms with Crippen LogP contribution in [0.2, 0.25) is 0 Å². The Morgan fingerprint density at radius 1 is 1.26 bits per heavy atom. The number of methoxy groups -OCH3 is 2. The van der Waals surface area contributed by atoms with Gasteiger partial charge in [0, 0.05) is 20.4 Å². The van der Waals surface area contributed by atoms with E-state index in [9.17, 15) is 4.79 Å². The van der Waals surface area contributed by atoms with Gasteiger partial charge in [-0.1, -0.05) is 29.8 Å². The standard InChI is InChI=1S/C14H20N2O3/c1-11-4-6-12(7-5-11)8-9-15-14(17)16-10-13(18-2)19-3/h4-9,13H,10H2,1-3H3,(H2,15,16,17)/b9-8+. The molecule has 2 amide bonds. The molecule has 0 aromatic heterocycles. The van der Waals surface area contributed by atoms with Gasteiger partial charge >= 0.3 is 6.03 Å². The molecule has 0 radical (unpaired) electrons. The Morgan fingerprint density at radius 3 is 2.47 bits per heavy atom. The Labute approximate surface area is 113 Å². The van der Waals surface area contributed by atoms with E-state index in [0.29, 0.717) is 0 Å². The fourth-order valence-corrected chi connectivity index (χ4v) is 1.38. The van der Waals surface area contributed by atoms with Gasteiger partial charge in [-0.05, 0) is 18.6 Å². The van der Waals surface area contributed by atoms with E-state index in [0.717, 1.165) is 5.56 Å². The Kier molecular flexibility index (Phi) is 6.63. The minimum absolute atomic E-state index is 0.289. The molecule has 1 aromatic rings. The highest BCUT2D eigenvalue weighted by atomic mass is 16.7. The van der Waals surface area contributed by atoms with Crippen LogP contribution in [0.1, 0.15) is 11.1 Å². The number of aryl methyl sites for hydroxylation is 1. The number of nitrogens with one attached hydrogen (secondary N) is 2. The van der Waals surface area contributed by atoms with Gasteiger partial charge in [0.2, 0.25) is 0 Å². The van der Waals surface area contributed by atoms with Crippen molar-refractivity contribution in [2.45, 2.75) is 13.2 Å². The lowest BCUT2D eigenvalue weighted by atomic mass is 10.1. The second-order valence-corrected chi connectivity index (χ2v) is 4.00. The fraction of sp³-hybridized carbons (Fsp3) is 0.357. The second kappa shape index (κ2) is 8.29. The van der Waals surface area contributed by atoms with Crippen LogP contribution in [-0.2, 0) is 9.47 Å². The molecule has 0 aliphatic heterocycles. The summed E-state index contributed by atoms with van der Waals surface area (Å²) in [5.41, 5.74) is 2.23. The molecule has 104 valence electrons. The van der Waals surface area contributed by atoms with Crippen molar-refractivity contribution in [1.29, 1.82) is 0 Å². The maximum atomic E-state index is 11.4. The Hall–Kier alpha value is -1.85. The largest absolute Gasteiger partial charge is 0.354 e. The van der Waals surface area contributed by atoms with E-state index in [1.807, 2.05) is 37.3 Å². The Balaban J connectivity index is 2.31. The van der Waals surface area contributed by atoms with Gasteiger partial charge in [0.15, 0.2) is 6.29 Å². The van der Waals surface area contributed by atoms with Gasteiger partial charge in [-0.15, -0.1) is 0 Å². The van der Waals surface area contributed by atoms with Crippen molar-refractivity contribution < 1.29 is 14.3 Å². The summed E-state index contributed by atoms with van der Waals surface area (Å²) in [4.78, 5) is 11.4. The predicted molar refractivity (Wildman–Crippen MR) is 74.6 cm³/mol. The first-order valence-corrected chi connectivity index (χ1v) is 5.99. The minimum atomic E-state index is -0.438. The Morgan fingerprint density at radius 2 is 1.89 bits per heavy atom. The predicted octanol–water partition coefficient (Wildman–Crippen LogP) is 1.88. The topological polar surface area (TPSA) is 59.6 Å². The van der Waals surface area contributed by atoms with Crippen molar-refractivity contribution in [3.05, 3.63) is 41.6 Å². The molecular formula is C14H20N2O3. The SMILES string of the molecule is COC(CNC(=O)N/C=C/c1ccc(C)cc1)OC. The van der Waals surface area contributed by atoms with Crippen molar-refractivity contribution in [1.82, 2.24) is 10.6 Å². The third-order valence-corrected chi connectivity index (χ3v) is 2.52. The lowest BCUT2D eigenvalue weighted by molar-refractivity contribution is -0.0971. The molecule has 5 nitrogen and oxygen atoms in total. The van der Waals surface area contributed by atoms with Crippen molar-refractivity contribution in [3.63, 3.8) is 0 Å². The van der Waals surface area contributed by atoms with Crippen LogP contribution >= 0.6 is 0 Å². The van der Waals surface area contributed by atoms with E-state index >= 15 is 0 Å². The molecule has 0 heterocycles. The highest BCUT2D eigenvalue weighted by molar-refractivity contribution is 5.75. The number of ether oxygens (including phenoxy) is 2. The molecule has 0 saturated heterocycles. The number of hydrogen-bond donors (Lipinski definition) is 2. The molecule has 0 unspecified atom stereocenters. The highest BCUT2D eigenvalue weighted by Crippen LogP contribution is 2.04. The van der Waals surface area contributed by atoms with Crippen LogP contribution in [0.4, 0.5) is 4.79 Å². The summed E-state index contributed by atoms with van der Waals surface area (Å²) >= 11 is 0. The lowest BCUT2D eigenvalue weighted by Gasteiger charge is -2.13. The normalized spacial score (nSPS) is 10.9. The maximum Gasteiger partial charge on any atom is 0.318 e. The van der Waals surface area contributed by atoms with E-state index in [4.69, 9.17) is 9.47 Å². The second-order valence-electron chi connectivity index (χ2n) is 4.00. The number of rotatable bonds is 6. The molecule has 0 saturated carbocycles. The van der Waals surface area contributed by atoms with Crippen LogP contribution in [0, 0.1) is 6.92 Å². The molecule has 0 spiro atoms. The van der Waals surface area contributed by atoms with E-state index in [1.54, 1.807) is 6.20 Å². The van der Waals surface area contributed by atoms with Gasteiger partial charge in [-0.25, -0.2) is 4.79 Å². The number of benzene rings is 1. The van der Waals surface area contributed by atoms with E-state index in [1.165, 1.54) is 19.8 Å². The van der Waals surface area contributed by atoms with Gasteiger partial charge < -0.3 is 20.1 Å². The average molecular weight is 264 g/mol. The number of carbonyl (C=O) groups excluding carboxylic acids is 1. The van der Waals surface area contributed by atoms with E-state index < -0.39 is 6.29 Å². The van der Waals surface area contributed by atoms with Gasteiger partial charge in [0.1, 0.15) is 0 Å². The number of hydrogen-bond acceptors (Lipinski definition) is 3. The van der Waals surface area contributed by atoms with E-state index in [2.05, 4.69) is 10.6 Å². The molecule has 2 N–H and O–H groups in total. The maximum absolute atomic E-state index is 11.4. The first-order valence-electron chi connectivity index (χ1n) is 5.99. The zero-order valence-electron chi connectivity index (χ0n) is 11.5. The van der Waals surface area contributed by atoms with Crippen molar-refractivity contribution >= 4 is 12.1 Å². The fourth-order valence-electron chi connectivity index (χ4n) is 1.38. The zero-order valence-corrected chi connectivity index (χ0v) is 11.5. The van der Waals surface area contributed by atoms with Gasteiger partial charge in [-0.2, -0.15) is 0 Å². The smallest absolute Gasteiger partial charge is 0.318 e. The molecule has 0 aliphatic rings. The summed E-state index contributed by atoms with van der Waals surface area (Å²) in [5, 5.41) is 5.24. The number of urea groups is 1. The lowest BCUT2D eigenvalue weighted by Crippen LogP contribution is -2.38. The van der Waals surface area contributed by atoms with Crippen LogP contribution in [0.3, 0.4) is 0 Å². The first-order chi connectivity index (χ1) is 9.15. The molecule has 1 aromatic carbocycles. The molecule has 0 bridgehead atoms. The van der Waals surface area contributed by atoms with Crippen LogP contribution in [0.5, 0.6) is 0 Å². The molecule has 0 fully saturated rings. The van der Waals surface area contributed by atoms with Crippen LogP contribution in [0.25, 0.3) is 6.08 Å². The summed E-state index contributed by atoms with van der Waals surface area (Å²) in [6, 6.07) is 7.69. The monoisotopic (exact) mass is 264 g/mol. The number of carbonyl (C=O) groups is 1. The molecule has 5 heteroatoms. The third-order valence-electron chi connectivity index (χ3n) is 2.52. The van der Waals surface area contributed by atoms with Gasteiger partial charge in [0.05, 0.1) is 6.54 Å². The Bertz CT molecular complexity index is 411. The molecule has 0 aliphatic carbocycles. The van der Waals surface area contributed by atoms with Crippen LogP contribution in [0.15, 0.2) is 30.5 Å². The minimum Gasteiger partial charge on any atom is -0.354 e. The summed E-state index contributed by atoms with van der Waals surface area (Å²) in [6.07, 6.45) is 2.98. The summed E-state index contributed by atoms with van der Waals surface area (Å²) in [7, 11) is 3.04. The zero-order chi connectivity index (χ0) is 14.1. The first kappa shape index (κ1) is 15.2. The summed E-state index contributed by atoms with van der Waals surface area (Å²) in [5.74, 6) is 0. The summed E-state index contributed by atoms with van der Waals surface area (Å²) < 4.78 is 9.90. The molecule has 19 heavy (non-hydrogen) atoms. The van der Waals surface area contributed by atoms with Crippen molar-refractivity contribution in [2.24, 2.45) is 0 Å². The quantitative estimate of drug-likeness (QED) is 0.771. The van der Waals surface area contributed by atoms with Gasteiger partial charge in [-0.3, -0.25) is 0 Å². The van der Waals surface area contributed by atoms with Crippen LogP contribution in [-0.4, -0.2) is 33.1 Å². The molecule has 1 rings (SSSR count). The third kappa shape index (κ3) is 6.03. The van der Waals surface area contributed by atoms with E-state index in [-0.39, 0.29) is 12.6 Å². The highest BCUT2D eigenvalue weighted by Gasteiger charge is 2.05. The van der Waals surface area contributed by atoms with Crippen molar-refractivity contribution in [3.8, 4) is 0 Å². The van der Waals surface area contributed by atoms with Crippen molar-refractivity contribution in [2.75, 3.05) is 20.8 Å². The molecule has 0 atom stereocenters. The van der Waals surface area contributed by atoms with Gasteiger partial charge in [0.25, 0.3) is 0 Å². The molecular weight excluding hydrogens is 244 g/mol. The average Bonchev–Trinajstić information content (AvgIpc) is 2.42. The number of amides is 2. The summed E-state index contributed by atoms with van der Waals surface area (Å²) in [6.45, 7) is 2.32. The van der Waals surface area contributed by atoms with Crippen LogP contribution < -0.4 is 10.6 Å².